The Balaban J connectivity index is 1.96. The van der Waals surface area contributed by atoms with Crippen LogP contribution in [0.3, 0.4) is 0 Å². The minimum Gasteiger partial charge on any atom is -0.380 e. The third-order valence-corrected chi connectivity index (χ3v) is 3.50. The van der Waals surface area contributed by atoms with E-state index in [0.29, 0.717) is 12.1 Å². The van der Waals surface area contributed by atoms with Crippen molar-refractivity contribution in [2.45, 2.75) is 44.8 Å². The first-order valence-corrected chi connectivity index (χ1v) is 5.88. The second-order valence-corrected chi connectivity index (χ2v) is 4.59. The van der Waals surface area contributed by atoms with Gasteiger partial charge in [0.25, 0.3) is 0 Å². The van der Waals surface area contributed by atoms with Crippen molar-refractivity contribution < 1.29 is 4.74 Å². The molecule has 3 heteroatoms. The van der Waals surface area contributed by atoms with Gasteiger partial charge in [0.2, 0.25) is 0 Å². The highest BCUT2D eigenvalue weighted by Gasteiger charge is 2.32. The maximum Gasteiger partial charge on any atom is 0.0622 e. The van der Waals surface area contributed by atoms with Crippen molar-refractivity contribution in [1.82, 2.24) is 10.2 Å². The van der Waals surface area contributed by atoms with Crippen LogP contribution >= 0.6 is 0 Å². The van der Waals surface area contributed by atoms with E-state index in [4.69, 9.17) is 4.74 Å². The quantitative estimate of drug-likeness (QED) is 0.712. The van der Waals surface area contributed by atoms with Gasteiger partial charge in [0, 0.05) is 37.8 Å². The largest absolute Gasteiger partial charge is 0.380 e. The van der Waals surface area contributed by atoms with Crippen LogP contribution < -0.4 is 5.32 Å². The number of hydrogen-bond acceptors (Lipinski definition) is 3. The first-order valence-electron chi connectivity index (χ1n) is 5.88. The normalized spacial score (nSPS) is 40.3. The van der Waals surface area contributed by atoms with Crippen molar-refractivity contribution in [2.75, 3.05) is 26.3 Å². The van der Waals surface area contributed by atoms with Crippen molar-refractivity contribution in [3.8, 4) is 0 Å². The third kappa shape index (κ3) is 2.10. The van der Waals surface area contributed by atoms with Gasteiger partial charge in [0.05, 0.1) is 6.61 Å². The number of hydrogen-bond donors (Lipinski definition) is 1. The van der Waals surface area contributed by atoms with Crippen LogP contribution in [-0.4, -0.2) is 49.3 Å². The van der Waals surface area contributed by atoms with Gasteiger partial charge in [-0.1, -0.05) is 6.92 Å². The van der Waals surface area contributed by atoms with E-state index in [0.717, 1.165) is 25.8 Å². The van der Waals surface area contributed by atoms with Crippen molar-refractivity contribution in [3.05, 3.63) is 0 Å². The summed E-state index contributed by atoms with van der Waals surface area (Å²) in [6, 6.07) is 2.04. The van der Waals surface area contributed by atoms with Gasteiger partial charge in [-0.25, -0.2) is 0 Å². The van der Waals surface area contributed by atoms with E-state index in [1.807, 2.05) is 0 Å². The fourth-order valence-electron chi connectivity index (χ4n) is 2.59. The smallest absolute Gasteiger partial charge is 0.0622 e. The van der Waals surface area contributed by atoms with Crippen LogP contribution in [0.1, 0.15) is 26.7 Å². The van der Waals surface area contributed by atoms with Gasteiger partial charge in [-0.3, -0.25) is 4.90 Å². The van der Waals surface area contributed by atoms with E-state index in [1.165, 1.54) is 19.4 Å². The molecule has 0 spiro atoms. The third-order valence-electron chi connectivity index (χ3n) is 3.50. The summed E-state index contributed by atoms with van der Waals surface area (Å²) >= 11 is 0. The second-order valence-electron chi connectivity index (χ2n) is 4.59. The Hall–Kier alpha value is -0.120. The number of nitrogens with one attached hydrogen (secondary N) is 1. The summed E-state index contributed by atoms with van der Waals surface area (Å²) in [7, 11) is 0. The van der Waals surface area contributed by atoms with Gasteiger partial charge in [-0.15, -0.1) is 0 Å². The van der Waals surface area contributed by atoms with Gasteiger partial charge in [0.1, 0.15) is 0 Å². The van der Waals surface area contributed by atoms with Crippen LogP contribution in [0.4, 0.5) is 0 Å². The average Bonchev–Trinajstić information content (AvgIpc) is 2.70. The summed E-state index contributed by atoms with van der Waals surface area (Å²) in [5.74, 6) is 0. The highest BCUT2D eigenvalue weighted by molar-refractivity contribution is 4.89. The molecule has 2 rings (SSSR count). The molecule has 1 N–H and O–H groups in total. The fraction of sp³-hybridized carbons (Fsp3) is 1.00. The van der Waals surface area contributed by atoms with Gasteiger partial charge in [-0.2, -0.15) is 0 Å². The van der Waals surface area contributed by atoms with E-state index in [2.05, 4.69) is 24.1 Å². The predicted octanol–water partition coefficient (Wildman–Crippen LogP) is 0.848. The Kier molecular flexibility index (Phi) is 3.42. The van der Waals surface area contributed by atoms with Crippen molar-refractivity contribution in [2.24, 2.45) is 0 Å². The topological polar surface area (TPSA) is 24.5 Å². The molecule has 0 aromatic rings. The van der Waals surface area contributed by atoms with Crippen LogP contribution in [0, 0.1) is 0 Å². The van der Waals surface area contributed by atoms with Gasteiger partial charge in [-0.05, 0) is 19.8 Å². The zero-order valence-electron chi connectivity index (χ0n) is 9.33. The fourth-order valence-corrected chi connectivity index (χ4v) is 2.59. The predicted molar refractivity (Wildman–Crippen MR) is 57.5 cm³/mol. The van der Waals surface area contributed by atoms with Crippen LogP contribution in [0.5, 0.6) is 0 Å². The Morgan fingerprint density at radius 3 is 3.00 bits per heavy atom. The van der Waals surface area contributed by atoms with E-state index in [9.17, 15) is 0 Å². The Morgan fingerprint density at radius 1 is 1.50 bits per heavy atom. The Morgan fingerprint density at radius 2 is 2.36 bits per heavy atom. The molecule has 3 nitrogen and oxygen atoms in total. The molecule has 3 unspecified atom stereocenters. The monoisotopic (exact) mass is 198 g/mol. The lowest BCUT2D eigenvalue weighted by Gasteiger charge is -2.42. The summed E-state index contributed by atoms with van der Waals surface area (Å²) in [6.07, 6.45) is 2.47. The van der Waals surface area contributed by atoms with Crippen LogP contribution in [0.15, 0.2) is 0 Å². The Labute approximate surface area is 86.8 Å². The zero-order chi connectivity index (χ0) is 9.97. The van der Waals surface area contributed by atoms with E-state index in [-0.39, 0.29) is 0 Å². The van der Waals surface area contributed by atoms with Gasteiger partial charge < -0.3 is 10.1 Å². The SMILES string of the molecule is CCC1CNC(C)CN1C1CCOC1. The highest BCUT2D eigenvalue weighted by atomic mass is 16.5. The Bertz CT molecular complexity index is 178. The molecule has 2 aliphatic heterocycles. The average molecular weight is 198 g/mol. The van der Waals surface area contributed by atoms with Crippen LogP contribution in [0.25, 0.3) is 0 Å². The molecule has 2 saturated heterocycles. The molecular weight excluding hydrogens is 176 g/mol. The molecule has 2 heterocycles. The van der Waals surface area contributed by atoms with Crippen molar-refractivity contribution >= 4 is 0 Å². The lowest BCUT2D eigenvalue weighted by Crippen LogP contribution is -2.58. The molecule has 0 saturated carbocycles. The molecule has 14 heavy (non-hydrogen) atoms. The molecule has 3 atom stereocenters. The number of ether oxygens (including phenoxy) is 1. The summed E-state index contributed by atoms with van der Waals surface area (Å²) in [6.45, 7) is 8.79. The molecule has 82 valence electrons. The van der Waals surface area contributed by atoms with Crippen LogP contribution in [-0.2, 0) is 4.74 Å². The van der Waals surface area contributed by atoms with Gasteiger partial charge in [0.15, 0.2) is 0 Å². The second kappa shape index (κ2) is 4.60. The minimum absolute atomic E-state index is 0.637. The van der Waals surface area contributed by atoms with E-state index >= 15 is 0 Å². The molecule has 0 aromatic carbocycles. The van der Waals surface area contributed by atoms with Gasteiger partial charge >= 0.3 is 0 Å². The molecule has 2 aliphatic rings. The highest BCUT2D eigenvalue weighted by Crippen LogP contribution is 2.19. The minimum atomic E-state index is 0.637. The van der Waals surface area contributed by atoms with Crippen molar-refractivity contribution in [3.63, 3.8) is 0 Å². The lowest BCUT2D eigenvalue weighted by atomic mass is 10.0. The van der Waals surface area contributed by atoms with Crippen LogP contribution in [0.2, 0.25) is 0 Å². The maximum absolute atomic E-state index is 5.48. The number of nitrogens with zero attached hydrogens (tertiary/aromatic N) is 1. The molecule has 0 bridgehead atoms. The molecule has 0 radical (unpaired) electrons. The lowest BCUT2D eigenvalue weighted by molar-refractivity contribution is 0.0713. The summed E-state index contributed by atoms with van der Waals surface area (Å²) in [5, 5.41) is 3.55. The standard InChI is InChI=1S/C11H22N2O/c1-3-10-6-12-9(2)7-13(10)11-4-5-14-8-11/h9-12H,3-8H2,1-2H3. The first kappa shape index (κ1) is 10.4. The maximum atomic E-state index is 5.48. The number of piperazine rings is 1. The van der Waals surface area contributed by atoms with Crippen molar-refractivity contribution in [1.29, 1.82) is 0 Å². The molecule has 0 amide bonds. The first-order chi connectivity index (χ1) is 6.81. The summed E-state index contributed by atoms with van der Waals surface area (Å²) < 4.78 is 5.48. The molecule has 0 aliphatic carbocycles. The molecule has 0 aromatic heterocycles. The number of rotatable bonds is 2. The summed E-state index contributed by atoms with van der Waals surface area (Å²) in [5.41, 5.74) is 0. The molecule has 2 fully saturated rings. The van der Waals surface area contributed by atoms with E-state index in [1.54, 1.807) is 0 Å². The summed E-state index contributed by atoms with van der Waals surface area (Å²) in [4.78, 5) is 2.66. The zero-order valence-corrected chi connectivity index (χ0v) is 9.33. The van der Waals surface area contributed by atoms with E-state index < -0.39 is 0 Å². The molecular formula is C11H22N2O.